The summed E-state index contributed by atoms with van der Waals surface area (Å²) in [5.74, 6) is -2.15. The van der Waals surface area contributed by atoms with Crippen molar-refractivity contribution >= 4 is 23.7 Å². The number of nitrogens with one attached hydrogen (secondary N) is 1. The van der Waals surface area contributed by atoms with Crippen LogP contribution >= 0.6 is 11.6 Å². The lowest BCUT2D eigenvalue weighted by molar-refractivity contribution is -0.139. The molecule has 0 saturated heterocycles. The van der Waals surface area contributed by atoms with Gasteiger partial charge in [-0.15, -0.1) is 0 Å². The summed E-state index contributed by atoms with van der Waals surface area (Å²) < 4.78 is 19.5. The predicted octanol–water partition coefficient (Wildman–Crippen LogP) is 5.01. The minimum Gasteiger partial charge on any atom is -0.480 e. The number of carboxylic acids is 1. The molecule has 4 rings (SSSR count). The maximum absolute atomic E-state index is 14.1. The fourth-order valence-electron chi connectivity index (χ4n) is 3.91. The molecule has 2 N–H and O–H groups in total. The predicted molar refractivity (Wildman–Crippen MR) is 115 cm³/mol. The molecule has 0 unspecified atom stereocenters. The van der Waals surface area contributed by atoms with E-state index in [9.17, 15) is 19.1 Å². The Balaban J connectivity index is 1.45. The summed E-state index contributed by atoms with van der Waals surface area (Å²) in [6.07, 6.45) is -1.14. The average molecular weight is 440 g/mol. The zero-order chi connectivity index (χ0) is 22.0. The van der Waals surface area contributed by atoms with Crippen molar-refractivity contribution in [2.45, 2.75) is 18.4 Å². The molecule has 158 valence electrons. The van der Waals surface area contributed by atoms with Crippen LogP contribution in [0.5, 0.6) is 0 Å². The van der Waals surface area contributed by atoms with Crippen molar-refractivity contribution in [3.63, 3.8) is 0 Å². The molecule has 0 radical (unpaired) electrons. The van der Waals surface area contributed by atoms with Crippen LogP contribution < -0.4 is 5.32 Å². The topological polar surface area (TPSA) is 75.6 Å². The number of carboxylic acid groups (broad SMARTS) is 1. The first-order valence-corrected chi connectivity index (χ1v) is 10.1. The summed E-state index contributed by atoms with van der Waals surface area (Å²) in [6, 6.07) is 18.8. The molecule has 0 saturated carbocycles. The molecule has 1 aliphatic rings. The number of amides is 1. The van der Waals surface area contributed by atoms with E-state index in [-0.39, 0.29) is 29.5 Å². The number of ether oxygens (including phenoxy) is 1. The van der Waals surface area contributed by atoms with Crippen molar-refractivity contribution in [2.75, 3.05) is 6.61 Å². The molecule has 0 aromatic heterocycles. The van der Waals surface area contributed by atoms with Crippen LogP contribution in [0.3, 0.4) is 0 Å². The number of carbonyl (C=O) groups excluding carboxylic acids is 1. The molecule has 1 aliphatic carbocycles. The molecule has 5 nitrogen and oxygen atoms in total. The molecular formula is C24H19ClFNO4. The maximum atomic E-state index is 14.1. The molecular weight excluding hydrogens is 421 g/mol. The van der Waals surface area contributed by atoms with E-state index in [0.29, 0.717) is 0 Å². The molecule has 1 atom stereocenters. The highest BCUT2D eigenvalue weighted by Gasteiger charge is 2.30. The minimum atomic E-state index is -1.36. The number of carbonyl (C=O) groups is 2. The molecule has 0 bridgehead atoms. The lowest BCUT2D eigenvalue weighted by Crippen LogP contribution is -2.43. The highest BCUT2D eigenvalue weighted by atomic mass is 35.5. The Morgan fingerprint density at radius 3 is 2.23 bits per heavy atom. The molecule has 1 amide bonds. The molecule has 7 heteroatoms. The van der Waals surface area contributed by atoms with E-state index in [1.165, 1.54) is 18.2 Å². The fraction of sp³-hybridized carbons (Fsp3) is 0.167. The summed E-state index contributed by atoms with van der Waals surface area (Å²) in [7, 11) is 0. The van der Waals surface area contributed by atoms with Crippen LogP contribution in [-0.4, -0.2) is 29.8 Å². The first-order chi connectivity index (χ1) is 15.0. The molecule has 0 spiro atoms. The Hall–Kier alpha value is -3.38. The second-order valence-corrected chi connectivity index (χ2v) is 7.68. The highest BCUT2D eigenvalue weighted by Crippen LogP contribution is 2.44. The van der Waals surface area contributed by atoms with E-state index in [2.05, 4.69) is 5.32 Å². The standard InChI is InChI=1S/C24H19ClFNO4/c25-20-11-5-6-14(22(20)26)12-21(23(28)29)27-24(30)31-13-19-17-9-3-1-7-15(17)16-8-2-4-10-18(16)19/h1-11,19,21H,12-13H2,(H,27,30)(H,28,29)/t21-/m0/s1. The van der Waals surface area contributed by atoms with Gasteiger partial charge in [-0.1, -0.05) is 72.3 Å². The highest BCUT2D eigenvalue weighted by molar-refractivity contribution is 6.30. The first-order valence-electron chi connectivity index (χ1n) is 9.73. The Morgan fingerprint density at radius 2 is 1.61 bits per heavy atom. The quantitative estimate of drug-likeness (QED) is 0.566. The third-order valence-electron chi connectivity index (χ3n) is 5.39. The van der Waals surface area contributed by atoms with Gasteiger partial charge in [-0.2, -0.15) is 0 Å². The lowest BCUT2D eigenvalue weighted by atomic mass is 9.98. The number of hydrogen-bond donors (Lipinski definition) is 2. The second-order valence-electron chi connectivity index (χ2n) is 7.28. The van der Waals surface area contributed by atoms with Gasteiger partial charge in [0.05, 0.1) is 5.02 Å². The number of fused-ring (bicyclic) bond motifs is 3. The Bertz CT molecular complexity index is 1100. The van der Waals surface area contributed by atoms with E-state index >= 15 is 0 Å². The summed E-state index contributed by atoms with van der Waals surface area (Å²) in [5, 5.41) is 11.7. The SMILES string of the molecule is O=C(N[C@@H](Cc1cccc(Cl)c1F)C(=O)O)OCC1c2ccccc2-c2ccccc21. The van der Waals surface area contributed by atoms with Crippen molar-refractivity contribution in [3.05, 3.63) is 94.3 Å². The van der Waals surface area contributed by atoms with Gasteiger partial charge in [0.1, 0.15) is 18.5 Å². The monoisotopic (exact) mass is 439 g/mol. The number of rotatable bonds is 6. The molecule has 31 heavy (non-hydrogen) atoms. The van der Waals surface area contributed by atoms with Gasteiger partial charge in [-0.25, -0.2) is 14.0 Å². The van der Waals surface area contributed by atoms with Gasteiger partial charge >= 0.3 is 12.1 Å². The zero-order valence-corrected chi connectivity index (χ0v) is 17.1. The number of halogens is 2. The summed E-state index contributed by atoms with van der Waals surface area (Å²) in [5.41, 5.74) is 4.37. The number of alkyl carbamates (subject to hydrolysis) is 1. The minimum absolute atomic E-state index is 0.0533. The third-order valence-corrected chi connectivity index (χ3v) is 5.68. The van der Waals surface area contributed by atoms with Gasteiger partial charge in [0.15, 0.2) is 0 Å². The molecule has 3 aromatic carbocycles. The number of benzene rings is 3. The van der Waals surface area contributed by atoms with E-state index in [1.54, 1.807) is 0 Å². The first kappa shape index (κ1) is 20.9. The summed E-state index contributed by atoms with van der Waals surface area (Å²) >= 11 is 5.75. The summed E-state index contributed by atoms with van der Waals surface area (Å²) in [6.45, 7) is 0.0533. The van der Waals surface area contributed by atoms with E-state index < -0.39 is 23.9 Å². The van der Waals surface area contributed by atoms with Crippen LogP contribution in [-0.2, 0) is 16.0 Å². The van der Waals surface area contributed by atoms with Gasteiger partial charge in [0.2, 0.25) is 0 Å². The number of hydrogen-bond acceptors (Lipinski definition) is 3. The second kappa shape index (κ2) is 8.78. The Labute approximate surface area is 183 Å². The molecule has 0 aliphatic heterocycles. The van der Waals surface area contributed by atoms with Crippen molar-refractivity contribution in [2.24, 2.45) is 0 Å². The zero-order valence-electron chi connectivity index (χ0n) is 16.3. The van der Waals surface area contributed by atoms with Gasteiger partial charge in [-0.05, 0) is 33.9 Å². The van der Waals surface area contributed by atoms with E-state index in [4.69, 9.17) is 16.3 Å². The lowest BCUT2D eigenvalue weighted by Gasteiger charge is -2.18. The maximum Gasteiger partial charge on any atom is 0.407 e. The van der Waals surface area contributed by atoms with E-state index in [0.717, 1.165) is 22.3 Å². The van der Waals surface area contributed by atoms with Gasteiger partial charge in [0, 0.05) is 12.3 Å². The third kappa shape index (κ3) is 4.25. The summed E-state index contributed by atoms with van der Waals surface area (Å²) in [4.78, 5) is 24.0. The normalized spacial score (nSPS) is 13.2. The van der Waals surface area contributed by atoms with Crippen LogP contribution in [0.2, 0.25) is 5.02 Å². The van der Waals surface area contributed by atoms with Crippen LogP contribution in [0.4, 0.5) is 9.18 Å². The van der Waals surface area contributed by atoms with Gasteiger partial charge in [0.25, 0.3) is 0 Å². The van der Waals surface area contributed by atoms with Crippen LogP contribution in [0.25, 0.3) is 11.1 Å². The Kier molecular flexibility index (Phi) is 5.91. The van der Waals surface area contributed by atoms with Crippen LogP contribution in [0, 0.1) is 5.82 Å². The fourth-order valence-corrected chi connectivity index (χ4v) is 4.10. The Morgan fingerprint density at radius 1 is 1.00 bits per heavy atom. The average Bonchev–Trinajstić information content (AvgIpc) is 3.08. The largest absolute Gasteiger partial charge is 0.480 e. The van der Waals surface area contributed by atoms with Crippen molar-refractivity contribution in [1.29, 1.82) is 0 Å². The van der Waals surface area contributed by atoms with Crippen molar-refractivity contribution in [1.82, 2.24) is 5.32 Å². The van der Waals surface area contributed by atoms with Crippen LogP contribution in [0.1, 0.15) is 22.6 Å². The smallest absolute Gasteiger partial charge is 0.407 e. The molecule has 3 aromatic rings. The van der Waals surface area contributed by atoms with Crippen molar-refractivity contribution < 1.29 is 23.8 Å². The van der Waals surface area contributed by atoms with E-state index in [1.807, 2.05) is 48.5 Å². The van der Waals surface area contributed by atoms with Gasteiger partial charge < -0.3 is 15.2 Å². The molecule has 0 fully saturated rings. The van der Waals surface area contributed by atoms with Crippen LogP contribution in [0.15, 0.2) is 66.7 Å². The number of aliphatic carboxylic acids is 1. The molecule has 0 heterocycles. The van der Waals surface area contributed by atoms with Crippen molar-refractivity contribution in [3.8, 4) is 11.1 Å². The van der Waals surface area contributed by atoms with Gasteiger partial charge in [-0.3, -0.25) is 0 Å².